The second kappa shape index (κ2) is 7.69. The molecule has 0 bridgehead atoms. The number of halogens is 1. The van der Waals surface area contributed by atoms with Gasteiger partial charge in [0.2, 0.25) is 0 Å². The number of hydrazine groups is 1. The molecule has 0 aliphatic carbocycles. The Kier molecular flexibility index (Phi) is 5.08. The minimum atomic E-state index is -0.705. The molecule has 1 N–H and O–H groups in total. The molecular formula is C21H19ClN4O3. The quantitative estimate of drug-likeness (QED) is 0.713. The smallest absolute Gasteiger partial charge is 0.274 e. The van der Waals surface area contributed by atoms with Gasteiger partial charge in [-0.3, -0.25) is 9.59 Å². The van der Waals surface area contributed by atoms with Crippen LogP contribution in [0.4, 0.5) is 5.69 Å². The van der Waals surface area contributed by atoms with Gasteiger partial charge in [0.1, 0.15) is 6.04 Å². The van der Waals surface area contributed by atoms with E-state index < -0.39 is 11.9 Å². The van der Waals surface area contributed by atoms with Crippen LogP contribution >= 0.6 is 11.6 Å². The van der Waals surface area contributed by atoms with Gasteiger partial charge in [0, 0.05) is 23.7 Å². The number of aromatic nitrogens is 1. The van der Waals surface area contributed by atoms with Crippen molar-refractivity contribution < 1.29 is 14.1 Å². The van der Waals surface area contributed by atoms with Crippen molar-refractivity contribution in [3.63, 3.8) is 0 Å². The number of carbonyl (C=O) groups excluding carboxylic acids is 2. The Balaban J connectivity index is 1.51. The molecule has 1 aliphatic rings. The maximum Gasteiger partial charge on any atom is 0.274 e. The summed E-state index contributed by atoms with van der Waals surface area (Å²) in [5, 5.41) is 10.6. The highest BCUT2D eigenvalue weighted by Gasteiger charge is 2.44. The molecule has 3 aromatic rings. The van der Waals surface area contributed by atoms with Crippen LogP contribution in [0.3, 0.4) is 0 Å². The monoisotopic (exact) mass is 410 g/mol. The van der Waals surface area contributed by atoms with E-state index in [9.17, 15) is 9.59 Å². The molecule has 0 spiro atoms. The van der Waals surface area contributed by atoms with Crippen molar-refractivity contribution in [3.8, 4) is 11.3 Å². The molecule has 8 heteroatoms. The molecule has 2 unspecified atom stereocenters. The molecule has 2 heterocycles. The van der Waals surface area contributed by atoms with Gasteiger partial charge >= 0.3 is 0 Å². The summed E-state index contributed by atoms with van der Waals surface area (Å²) < 4.78 is 5.28. The summed E-state index contributed by atoms with van der Waals surface area (Å²) in [6.45, 7) is 1.88. The highest BCUT2D eigenvalue weighted by atomic mass is 35.5. The minimum absolute atomic E-state index is 0.107. The molecule has 2 amide bonds. The number of hydrogen-bond donors (Lipinski definition) is 1. The Morgan fingerprint density at radius 1 is 1.14 bits per heavy atom. The lowest BCUT2D eigenvalue weighted by atomic mass is 10.1. The van der Waals surface area contributed by atoms with Crippen molar-refractivity contribution in [1.29, 1.82) is 0 Å². The van der Waals surface area contributed by atoms with Crippen molar-refractivity contribution in [2.45, 2.75) is 19.0 Å². The zero-order valence-corrected chi connectivity index (χ0v) is 16.6. The lowest BCUT2D eigenvalue weighted by Crippen LogP contribution is -2.45. The molecule has 29 heavy (non-hydrogen) atoms. The van der Waals surface area contributed by atoms with Crippen LogP contribution in [-0.2, 0) is 4.79 Å². The zero-order chi connectivity index (χ0) is 20.5. The van der Waals surface area contributed by atoms with E-state index in [1.807, 2.05) is 49.3 Å². The molecule has 4 rings (SSSR count). The van der Waals surface area contributed by atoms with Crippen LogP contribution < -0.4 is 10.3 Å². The van der Waals surface area contributed by atoms with E-state index in [1.54, 1.807) is 35.3 Å². The Labute approximate surface area is 172 Å². The summed E-state index contributed by atoms with van der Waals surface area (Å²) in [6.07, 6.45) is 0. The molecule has 148 valence electrons. The van der Waals surface area contributed by atoms with Crippen LogP contribution in [0.15, 0.2) is 65.2 Å². The third-order valence-corrected chi connectivity index (χ3v) is 5.27. The van der Waals surface area contributed by atoms with Crippen LogP contribution in [-0.4, -0.2) is 41.1 Å². The van der Waals surface area contributed by atoms with Gasteiger partial charge in [-0.05, 0) is 43.3 Å². The third-order valence-electron chi connectivity index (χ3n) is 5.02. The number of carbonyl (C=O) groups is 2. The molecule has 0 saturated carbocycles. The number of hydrogen-bond acceptors (Lipinski definition) is 5. The second-order valence-corrected chi connectivity index (χ2v) is 7.27. The summed E-state index contributed by atoms with van der Waals surface area (Å²) in [5.41, 5.74) is 1.60. The van der Waals surface area contributed by atoms with Crippen molar-refractivity contribution in [2.75, 3.05) is 12.1 Å². The molecule has 1 aromatic heterocycles. The van der Waals surface area contributed by atoms with Crippen LogP contribution in [0.1, 0.15) is 17.4 Å². The number of anilines is 1. The summed E-state index contributed by atoms with van der Waals surface area (Å²) in [6, 6.07) is 16.9. The van der Waals surface area contributed by atoms with Gasteiger partial charge in [-0.15, -0.1) is 0 Å². The molecule has 7 nitrogen and oxygen atoms in total. The Hall–Kier alpha value is -3.16. The zero-order valence-electron chi connectivity index (χ0n) is 15.9. The van der Waals surface area contributed by atoms with Gasteiger partial charge in [0.05, 0.1) is 11.7 Å². The predicted molar refractivity (Wildman–Crippen MR) is 109 cm³/mol. The lowest BCUT2D eigenvalue weighted by Gasteiger charge is -2.26. The summed E-state index contributed by atoms with van der Waals surface area (Å²) in [4.78, 5) is 25.7. The van der Waals surface area contributed by atoms with Crippen molar-refractivity contribution >= 4 is 29.1 Å². The number of likely N-dealkylation sites (N-methyl/N-ethyl adjacent to an activating group) is 1. The Bertz CT molecular complexity index is 1040. The highest BCUT2D eigenvalue weighted by molar-refractivity contribution is 6.30. The largest absolute Gasteiger partial charge is 0.355 e. The van der Waals surface area contributed by atoms with Crippen molar-refractivity contribution in [1.82, 2.24) is 15.5 Å². The van der Waals surface area contributed by atoms with Crippen molar-refractivity contribution in [3.05, 3.63) is 71.4 Å². The van der Waals surface area contributed by atoms with Gasteiger partial charge in [-0.1, -0.05) is 35.0 Å². The van der Waals surface area contributed by atoms with Crippen LogP contribution in [0.25, 0.3) is 11.3 Å². The molecule has 1 aliphatic heterocycles. The van der Waals surface area contributed by atoms with E-state index in [1.165, 1.54) is 0 Å². The number of nitrogens with zero attached hydrogens (tertiary/aromatic N) is 3. The summed E-state index contributed by atoms with van der Waals surface area (Å²) >= 11 is 5.89. The SMILES string of the molecule is CC1C(NC(=O)c2cc(-c3ccc(Cl)cc3)on2)C(=O)N(c2ccccc2)N1C. The fraction of sp³-hybridized carbons (Fsp3) is 0.190. The maximum absolute atomic E-state index is 13.0. The third kappa shape index (κ3) is 3.62. The number of amides is 2. The average molecular weight is 411 g/mol. The first-order valence-corrected chi connectivity index (χ1v) is 9.49. The van der Waals surface area contributed by atoms with Gasteiger partial charge in [0.25, 0.3) is 11.8 Å². The predicted octanol–water partition coefficient (Wildman–Crippen LogP) is 3.38. The average Bonchev–Trinajstić information content (AvgIpc) is 3.29. The topological polar surface area (TPSA) is 78.7 Å². The molecule has 1 saturated heterocycles. The standard InChI is InChI=1S/C21H19ClN4O3/c1-13-19(21(28)26(25(13)2)16-6-4-3-5-7-16)23-20(27)17-12-18(29-24-17)14-8-10-15(22)11-9-14/h3-13,19H,1-2H3,(H,23,27). The Morgan fingerprint density at radius 2 is 1.83 bits per heavy atom. The fourth-order valence-corrected chi connectivity index (χ4v) is 3.43. The Morgan fingerprint density at radius 3 is 2.52 bits per heavy atom. The summed E-state index contributed by atoms with van der Waals surface area (Å²) in [7, 11) is 1.82. The number of benzene rings is 2. The van der Waals surface area contributed by atoms with Crippen LogP contribution in [0, 0.1) is 0 Å². The lowest BCUT2D eigenvalue weighted by molar-refractivity contribution is -0.119. The molecule has 2 atom stereocenters. The van der Waals surface area contributed by atoms with E-state index in [0.717, 1.165) is 11.3 Å². The van der Waals surface area contributed by atoms with Crippen LogP contribution in [0.5, 0.6) is 0 Å². The van der Waals surface area contributed by atoms with Crippen molar-refractivity contribution in [2.24, 2.45) is 0 Å². The second-order valence-electron chi connectivity index (χ2n) is 6.83. The molecular weight excluding hydrogens is 392 g/mol. The van der Waals surface area contributed by atoms with Gasteiger partial charge in [0.15, 0.2) is 11.5 Å². The van der Waals surface area contributed by atoms with E-state index in [4.69, 9.17) is 16.1 Å². The number of rotatable bonds is 4. The van der Waals surface area contributed by atoms with Gasteiger partial charge in [-0.2, -0.15) is 0 Å². The minimum Gasteiger partial charge on any atom is -0.355 e. The molecule has 0 radical (unpaired) electrons. The van der Waals surface area contributed by atoms with Crippen LogP contribution in [0.2, 0.25) is 5.02 Å². The molecule has 2 aromatic carbocycles. The number of nitrogens with one attached hydrogen (secondary N) is 1. The fourth-order valence-electron chi connectivity index (χ4n) is 3.30. The summed E-state index contributed by atoms with van der Waals surface area (Å²) in [5.74, 6) is -0.232. The van der Waals surface area contributed by atoms with E-state index in [-0.39, 0.29) is 17.6 Å². The van der Waals surface area contributed by atoms with Gasteiger partial charge in [-0.25, -0.2) is 10.0 Å². The van der Waals surface area contributed by atoms with E-state index in [2.05, 4.69) is 10.5 Å². The van der Waals surface area contributed by atoms with Gasteiger partial charge < -0.3 is 9.84 Å². The first-order valence-electron chi connectivity index (χ1n) is 9.11. The van der Waals surface area contributed by atoms with E-state index >= 15 is 0 Å². The maximum atomic E-state index is 13.0. The first-order chi connectivity index (χ1) is 14.0. The molecule has 1 fully saturated rings. The first kappa shape index (κ1) is 19.2. The normalized spacial score (nSPS) is 19.6. The highest BCUT2D eigenvalue weighted by Crippen LogP contribution is 2.26. The van der Waals surface area contributed by atoms with E-state index in [0.29, 0.717) is 10.8 Å². The number of para-hydroxylation sites is 1.